The molecular formula is C16H23N3O3. The van der Waals surface area contributed by atoms with Gasteiger partial charge in [0.2, 0.25) is 5.91 Å². The van der Waals surface area contributed by atoms with Crippen LogP contribution < -0.4 is 5.73 Å². The first-order valence-electron chi connectivity index (χ1n) is 7.64. The Morgan fingerprint density at radius 3 is 2.41 bits per heavy atom. The zero-order chi connectivity index (χ0) is 15.9. The number of carbonyl (C=O) groups excluding carboxylic acids is 2. The Morgan fingerprint density at radius 2 is 1.77 bits per heavy atom. The summed E-state index contributed by atoms with van der Waals surface area (Å²) in [6, 6.07) is 7.60. The number of hydrogen-bond donors (Lipinski definition) is 1. The average molecular weight is 305 g/mol. The van der Waals surface area contributed by atoms with Crippen LogP contribution in [-0.4, -0.2) is 54.6 Å². The minimum Gasteiger partial charge on any atom is -0.450 e. The average Bonchev–Trinajstić information content (AvgIpc) is 2.54. The number of nitrogen functional groups attached to an aromatic ring is 1. The lowest BCUT2D eigenvalue weighted by molar-refractivity contribution is -0.132. The Hall–Kier alpha value is -2.24. The maximum absolute atomic E-state index is 12.2. The third-order valence-electron chi connectivity index (χ3n) is 3.82. The molecule has 1 heterocycles. The fourth-order valence-corrected chi connectivity index (χ4v) is 2.51. The number of benzene rings is 1. The van der Waals surface area contributed by atoms with Crippen LogP contribution in [-0.2, 0) is 16.0 Å². The highest BCUT2D eigenvalue weighted by atomic mass is 16.6. The second-order valence-corrected chi connectivity index (χ2v) is 5.27. The summed E-state index contributed by atoms with van der Waals surface area (Å²) in [6.45, 7) is 4.32. The predicted octanol–water partition coefficient (Wildman–Crippen LogP) is 1.50. The Morgan fingerprint density at radius 1 is 1.14 bits per heavy atom. The van der Waals surface area contributed by atoms with E-state index in [4.69, 9.17) is 10.5 Å². The lowest BCUT2D eigenvalue weighted by Crippen LogP contribution is -2.50. The second-order valence-electron chi connectivity index (χ2n) is 5.27. The van der Waals surface area contributed by atoms with Gasteiger partial charge >= 0.3 is 6.09 Å². The third kappa shape index (κ3) is 4.13. The number of piperazine rings is 1. The van der Waals surface area contributed by atoms with Crippen molar-refractivity contribution in [1.82, 2.24) is 9.80 Å². The SMILES string of the molecule is CCOC(=O)N1CCN(C(=O)CCc2ccccc2N)CC1. The van der Waals surface area contributed by atoms with Crippen LogP contribution in [0.1, 0.15) is 18.9 Å². The van der Waals surface area contributed by atoms with Crippen LogP contribution in [0.25, 0.3) is 0 Å². The van der Waals surface area contributed by atoms with Crippen molar-refractivity contribution in [2.24, 2.45) is 0 Å². The van der Waals surface area contributed by atoms with Crippen LogP contribution in [0, 0.1) is 0 Å². The van der Waals surface area contributed by atoms with Crippen molar-refractivity contribution < 1.29 is 14.3 Å². The van der Waals surface area contributed by atoms with Gasteiger partial charge in [0.25, 0.3) is 0 Å². The number of ether oxygens (including phenoxy) is 1. The van der Waals surface area contributed by atoms with Crippen molar-refractivity contribution in [1.29, 1.82) is 0 Å². The van der Waals surface area contributed by atoms with E-state index < -0.39 is 0 Å². The number of para-hydroxylation sites is 1. The molecule has 0 atom stereocenters. The second kappa shape index (κ2) is 7.68. The molecule has 1 fully saturated rings. The fraction of sp³-hybridized carbons (Fsp3) is 0.500. The summed E-state index contributed by atoms with van der Waals surface area (Å²) < 4.78 is 4.97. The van der Waals surface area contributed by atoms with Gasteiger partial charge in [0, 0.05) is 38.3 Å². The summed E-state index contributed by atoms with van der Waals surface area (Å²) in [6.07, 6.45) is 0.781. The van der Waals surface area contributed by atoms with E-state index in [2.05, 4.69) is 0 Å². The molecule has 0 radical (unpaired) electrons. The molecule has 1 saturated heterocycles. The number of nitrogens with two attached hydrogens (primary N) is 1. The van der Waals surface area contributed by atoms with Gasteiger partial charge in [-0.25, -0.2) is 4.79 Å². The van der Waals surface area contributed by atoms with E-state index in [1.54, 1.807) is 16.7 Å². The van der Waals surface area contributed by atoms with E-state index in [0.717, 1.165) is 11.3 Å². The van der Waals surface area contributed by atoms with Gasteiger partial charge in [-0.2, -0.15) is 0 Å². The first kappa shape index (κ1) is 16.1. The lowest BCUT2D eigenvalue weighted by atomic mass is 10.1. The fourth-order valence-electron chi connectivity index (χ4n) is 2.51. The molecule has 2 amide bonds. The molecule has 22 heavy (non-hydrogen) atoms. The molecule has 120 valence electrons. The largest absolute Gasteiger partial charge is 0.450 e. The van der Waals surface area contributed by atoms with Crippen molar-refractivity contribution in [2.45, 2.75) is 19.8 Å². The monoisotopic (exact) mass is 305 g/mol. The highest BCUT2D eigenvalue weighted by molar-refractivity contribution is 5.77. The van der Waals surface area contributed by atoms with Crippen molar-refractivity contribution in [2.75, 3.05) is 38.5 Å². The van der Waals surface area contributed by atoms with Gasteiger partial charge in [-0.15, -0.1) is 0 Å². The number of carbonyl (C=O) groups is 2. The summed E-state index contributed by atoms with van der Waals surface area (Å²) in [5.74, 6) is 0.103. The topological polar surface area (TPSA) is 75.9 Å². The first-order chi connectivity index (χ1) is 10.6. The number of hydrogen-bond acceptors (Lipinski definition) is 4. The van der Waals surface area contributed by atoms with Gasteiger partial charge in [0.05, 0.1) is 6.61 Å². The van der Waals surface area contributed by atoms with Crippen molar-refractivity contribution in [3.05, 3.63) is 29.8 Å². The van der Waals surface area contributed by atoms with Crippen LogP contribution in [0.4, 0.5) is 10.5 Å². The van der Waals surface area contributed by atoms with Gasteiger partial charge < -0.3 is 20.3 Å². The first-order valence-corrected chi connectivity index (χ1v) is 7.64. The minimum atomic E-state index is -0.299. The van der Waals surface area contributed by atoms with Gasteiger partial charge in [-0.3, -0.25) is 4.79 Å². The molecule has 2 rings (SSSR count). The van der Waals surface area contributed by atoms with E-state index in [-0.39, 0.29) is 12.0 Å². The molecule has 0 unspecified atom stereocenters. The van der Waals surface area contributed by atoms with E-state index in [0.29, 0.717) is 45.6 Å². The lowest BCUT2D eigenvalue weighted by Gasteiger charge is -2.34. The van der Waals surface area contributed by atoms with Crippen LogP contribution >= 0.6 is 0 Å². The molecule has 6 heteroatoms. The molecule has 1 aromatic rings. The van der Waals surface area contributed by atoms with E-state index in [1.807, 2.05) is 24.3 Å². The Labute approximate surface area is 130 Å². The maximum Gasteiger partial charge on any atom is 0.409 e. The molecule has 1 aliphatic rings. The predicted molar refractivity (Wildman–Crippen MR) is 84.4 cm³/mol. The summed E-state index contributed by atoms with van der Waals surface area (Å²) in [5.41, 5.74) is 7.61. The van der Waals surface area contributed by atoms with Gasteiger partial charge in [-0.1, -0.05) is 18.2 Å². The minimum absolute atomic E-state index is 0.103. The highest BCUT2D eigenvalue weighted by Crippen LogP contribution is 2.14. The van der Waals surface area contributed by atoms with Crippen LogP contribution in [0.15, 0.2) is 24.3 Å². The standard InChI is InChI=1S/C16H23N3O3/c1-2-22-16(21)19-11-9-18(10-12-19)15(20)8-7-13-5-3-4-6-14(13)17/h3-6H,2,7-12,17H2,1H3. The molecule has 6 nitrogen and oxygen atoms in total. The normalized spacial score (nSPS) is 14.8. The Kier molecular flexibility index (Phi) is 5.63. The molecule has 0 aromatic heterocycles. The maximum atomic E-state index is 12.2. The van der Waals surface area contributed by atoms with Crippen LogP contribution in [0.5, 0.6) is 0 Å². The number of amides is 2. The quantitative estimate of drug-likeness (QED) is 0.855. The summed E-state index contributed by atoms with van der Waals surface area (Å²) in [5, 5.41) is 0. The number of anilines is 1. The van der Waals surface area contributed by atoms with Crippen LogP contribution in [0.3, 0.4) is 0 Å². The number of nitrogens with zero attached hydrogens (tertiary/aromatic N) is 2. The summed E-state index contributed by atoms with van der Waals surface area (Å²) in [7, 11) is 0. The van der Waals surface area contributed by atoms with E-state index >= 15 is 0 Å². The smallest absolute Gasteiger partial charge is 0.409 e. The molecule has 2 N–H and O–H groups in total. The summed E-state index contributed by atoms with van der Waals surface area (Å²) in [4.78, 5) is 27.3. The number of aryl methyl sites for hydroxylation is 1. The zero-order valence-corrected chi connectivity index (χ0v) is 13.0. The molecule has 0 bridgehead atoms. The van der Waals surface area contributed by atoms with Gasteiger partial charge in [-0.05, 0) is 25.0 Å². The molecular weight excluding hydrogens is 282 g/mol. The number of rotatable bonds is 4. The van der Waals surface area contributed by atoms with Crippen LogP contribution in [0.2, 0.25) is 0 Å². The molecule has 0 aliphatic carbocycles. The molecule has 0 spiro atoms. The van der Waals surface area contributed by atoms with Crippen molar-refractivity contribution >= 4 is 17.7 Å². The Bertz CT molecular complexity index is 525. The van der Waals surface area contributed by atoms with E-state index in [1.165, 1.54) is 0 Å². The summed E-state index contributed by atoms with van der Waals surface area (Å²) >= 11 is 0. The molecule has 1 aromatic carbocycles. The zero-order valence-electron chi connectivity index (χ0n) is 13.0. The van der Waals surface area contributed by atoms with E-state index in [9.17, 15) is 9.59 Å². The van der Waals surface area contributed by atoms with Crippen molar-refractivity contribution in [3.8, 4) is 0 Å². The molecule has 1 aliphatic heterocycles. The third-order valence-corrected chi connectivity index (χ3v) is 3.82. The molecule has 0 saturated carbocycles. The van der Waals surface area contributed by atoms with Crippen molar-refractivity contribution in [3.63, 3.8) is 0 Å². The Balaban J connectivity index is 1.78. The van der Waals surface area contributed by atoms with Gasteiger partial charge in [0.1, 0.15) is 0 Å². The van der Waals surface area contributed by atoms with Gasteiger partial charge in [0.15, 0.2) is 0 Å². The highest BCUT2D eigenvalue weighted by Gasteiger charge is 2.24.